The lowest BCUT2D eigenvalue weighted by Gasteiger charge is -2.26. The molecule has 1 amide bonds. The van der Waals surface area contributed by atoms with Gasteiger partial charge in [0.2, 0.25) is 0 Å². The highest BCUT2D eigenvalue weighted by atomic mass is 16.5. The molecule has 0 spiro atoms. The van der Waals surface area contributed by atoms with Crippen molar-refractivity contribution in [1.29, 1.82) is 0 Å². The van der Waals surface area contributed by atoms with Gasteiger partial charge < -0.3 is 10.1 Å². The van der Waals surface area contributed by atoms with Crippen molar-refractivity contribution in [1.82, 2.24) is 15.1 Å². The van der Waals surface area contributed by atoms with Gasteiger partial charge >= 0.3 is 5.97 Å². The lowest BCUT2D eigenvalue weighted by Crippen LogP contribution is -2.34. The van der Waals surface area contributed by atoms with Crippen molar-refractivity contribution in [2.75, 3.05) is 6.61 Å². The molecule has 1 N–H and O–H groups in total. The van der Waals surface area contributed by atoms with E-state index in [0.717, 1.165) is 24.8 Å². The Morgan fingerprint density at radius 1 is 1.13 bits per heavy atom. The summed E-state index contributed by atoms with van der Waals surface area (Å²) in [5, 5.41) is 7.91. The molecule has 0 unspecified atom stereocenters. The molecule has 0 bridgehead atoms. The standard InChI is InChI=1S/C23H23N3O4/c1-2-26-22(28)18-12-6-5-11-17(18)21(25-26)23(29)30-14-20(27)24-19-13-7-9-15-8-3-4-10-16(15)19/h3-6,8,10-12,19H,2,7,9,13-14H2,1H3,(H,24,27)/t19-/m0/s1. The van der Waals surface area contributed by atoms with Crippen molar-refractivity contribution in [2.45, 2.75) is 38.8 Å². The van der Waals surface area contributed by atoms with Gasteiger partial charge in [0.25, 0.3) is 11.5 Å². The van der Waals surface area contributed by atoms with Gasteiger partial charge in [-0.2, -0.15) is 5.10 Å². The van der Waals surface area contributed by atoms with E-state index >= 15 is 0 Å². The maximum atomic E-state index is 12.7. The minimum atomic E-state index is -0.729. The van der Waals surface area contributed by atoms with Gasteiger partial charge in [0, 0.05) is 11.9 Å². The Hall–Kier alpha value is -3.48. The molecule has 7 nitrogen and oxygen atoms in total. The average Bonchev–Trinajstić information content (AvgIpc) is 2.78. The van der Waals surface area contributed by atoms with Crippen LogP contribution in [0, 0.1) is 0 Å². The minimum Gasteiger partial charge on any atom is -0.451 e. The van der Waals surface area contributed by atoms with E-state index in [1.807, 2.05) is 18.2 Å². The quantitative estimate of drug-likeness (QED) is 0.659. The van der Waals surface area contributed by atoms with Crippen LogP contribution in [0.5, 0.6) is 0 Å². The topological polar surface area (TPSA) is 90.3 Å². The third kappa shape index (κ3) is 3.83. The summed E-state index contributed by atoms with van der Waals surface area (Å²) in [6.07, 6.45) is 2.85. The molecule has 1 atom stereocenters. The lowest BCUT2D eigenvalue weighted by atomic mass is 9.88. The van der Waals surface area contributed by atoms with Crippen molar-refractivity contribution < 1.29 is 14.3 Å². The second kappa shape index (κ2) is 8.49. The fourth-order valence-corrected chi connectivity index (χ4v) is 3.94. The largest absolute Gasteiger partial charge is 0.451 e. The van der Waals surface area contributed by atoms with Gasteiger partial charge in [-0.25, -0.2) is 9.48 Å². The van der Waals surface area contributed by atoms with E-state index in [0.29, 0.717) is 17.3 Å². The second-order valence-corrected chi connectivity index (χ2v) is 7.30. The first-order valence-corrected chi connectivity index (χ1v) is 10.1. The Bertz CT molecular complexity index is 1170. The Morgan fingerprint density at radius 3 is 2.67 bits per heavy atom. The molecule has 30 heavy (non-hydrogen) atoms. The monoisotopic (exact) mass is 405 g/mol. The number of aryl methyl sites for hydroxylation is 2. The number of hydrogen-bond donors (Lipinski definition) is 1. The number of nitrogens with zero attached hydrogens (tertiary/aromatic N) is 2. The van der Waals surface area contributed by atoms with E-state index in [9.17, 15) is 14.4 Å². The summed E-state index contributed by atoms with van der Waals surface area (Å²) in [7, 11) is 0. The van der Waals surface area contributed by atoms with Crippen LogP contribution in [0.3, 0.4) is 0 Å². The van der Waals surface area contributed by atoms with Gasteiger partial charge in [-0.1, -0.05) is 42.5 Å². The predicted molar refractivity (Wildman–Crippen MR) is 112 cm³/mol. The molecule has 1 heterocycles. The summed E-state index contributed by atoms with van der Waals surface area (Å²) in [5.74, 6) is -1.09. The number of rotatable bonds is 5. The number of fused-ring (bicyclic) bond motifs is 2. The third-order valence-electron chi connectivity index (χ3n) is 5.40. The van der Waals surface area contributed by atoms with Crippen molar-refractivity contribution in [2.24, 2.45) is 0 Å². The van der Waals surface area contributed by atoms with Crippen molar-refractivity contribution in [3.05, 3.63) is 75.7 Å². The number of hydrogen-bond acceptors (Lipinski definition) is 5. The number of benzene rings is 2. The maximum absolute atomic E-state index is 12.7. The normalized spacial score (nSPS) is 15.4. The Morgan fingerprint density at radius 2 is 1.87 bits per heavy atom. The number of amides is 1. The number of aromatic nitrogens is 2. The van der Waals surface area contributed by atoms with Crippen LogP contribution in [0.15, 0.2) is 53.3 Å². The summed E-state index contributed by atoms with van der Waals surface area (Å²) < 4.78 is 6.46. The Balaban J connectivity index is 1.47. The van der Waals surface area contributed by atoms with E-state index < -0.39 is 12.6 Å². The van der Waals surface area contributed by atoms with E-state index in [2.05, 4.69) is 16.5 Å². The molecule has 0 saturated carbocycles. The van der Waals surface area contributed by atoms with Crippen LogP contribution in [0.2, 0.25) is 0 Å². The van der Waals surface area contributed by atoms with E-state index in [-0.39, 0.29) is 23.2 Å². The summed E-state index contributed by atoms with van der Waals surface area (Å²) in [6.45, 7) is 1.69. The van der Waals surface area contributed by atoms with Gasteiger partial charge in [0.05, 0.1) is 11.4 Å². The second-order valence-electron chi connectivity index (χ2n) is 7.30. The number of ether oxygens (including phenoxy) is 1. The first-order valence-electron chi connectivity index (χ1n) is 10.1. The minimum absolute atomic E-state index is 0.0304. The SMILES string of the molecule is CCn1nc(C(=O)OCC(=O)N[C@H]2CCCc3ccccc32)c2ccccc2c1=O. The Kier molecular flexibility index (Phi) is 5.61. The van der Waals surface area contributed by atoms with Crippen LogP contribution >= 0.6 is 0 Å². The smallest absolute Gasteiger partial charge is 0.359 e. The van der Waals surface area contributed by atoms with Gasteiger partial charge in [-0.05, 0) is 43.4 Å². The molecule has 1 aliphatic carbocycles. The number of esters is 1. The molecule has 0 saturated heterocycles. The zero-order valence-corrected chi connectivity index (χ0v) is 16.8. The van der Waals surface area contributed by atoms with E-state index in [4.69, 9.17) is 4.74 Å². The summed E-state index contributed by atoms with van der Waals surface area (Å²) in [5.41, 5.74) is 2.12. The Labute approximate surface area is 173 Å². The number of carbonyl (C=O) groups is 2. The molecule has 0 fully saturated rings. The first kappa shape index (κ1) is 19.8. The lowest BCUT2D eigenvalue weighted by molar-refractivity contribution is -0.125. The zero-order chi connectivity index (χ0) is 21.1. The highest BCUT2D eigenvalue weighted by molar-refractivity contribution is 6.02. The molecular formula is C23H23N3O4. The fourth-order valence-electron chi connectivity index (χ4n) is 3.94. The predicted octanol–water partition coefficient (Wildman–Crippen LogP) is 2.77. The van der Waals surface area contributed by atoms with Gasteiger partial charge in [0.1, 0.15) is 0 Å². The van der Waals surface area contributed by atoms with Crippen LogP contribution in [-0.4, -0.2) is 28.3 Å². The van der Waals surface area contributed by atoms with Crippen LogP contribution in [0.1, 0.15) is 47.4 Å². The molecule has 3 aromatic rings. The summed E-state index contributed by atoms with van der Waals surface area (Å²) in [6, 6.07) is 14.7. The highest BCUT2D eigenvalue weighted by Gasteiger charge is 2.23. The molecule has 1 aliphatic rings. The zero-order valence-electron chi connectivity index (χ0n) is 16.8. The van der Waals surface area contributed by atoms with E-state index in [1.54, 1.807) is 31.2 Å². The average molecular weight is 405 g/mol. The van der Waals surface area contributed by atoms with Crippen molar-refractivity contribution in [3.63, 3.8) is 0 Å². The summed E-state index contributed by atoms with van der Waals surface area (Å²) in [4.78, 5) is 37.5. The van der Waals surface area contributed by atoms with Gasteiger partial charge in [0.15, 0.2) is 12.3 Å². The van der Waals surface area contributed by atoms with Crippen LogP contribution in [0.25, 0.3) is 10.8 Å². The van der Waals surface area contributed by atoms with Gasteiger partial charge in [-0.15, -0.1) is 0 Å². The van der Waals surface area contributed by atoms with Gasteiger partial charge in [-0.3, -0.25) is 9.59 Å². The fraction of sp³-hybridized carbons (Fsp3) is 0.304. The first-order chi connectivity index (χ1) is 14.6. The van der Waals surface area contributed by atoms with Crippen LogP contribution < -0.4 is 10.9 Å². The molecule has 0 radical (unpaired) electrons. The number of nitrogens with one attached hydrogen (secondary N) is 1. The molecule has 1 aromatic heterocycles. The van der Waals surface area contributed by atoms with Crippen molar-refractivity contribution in [3.8, 4) is 0 Å². The van der Waals surface area contributed by atoms with Crippen molar-refractivity contribution >= 4 is 22.6 Å². The summed E-state index contributed by atoms with van der Waals surface area (Å²) >= 11 is 0. The maximum Gasteiger partial charge on any atom is 0.359 e. The van der Waals surface area contributed by atoms with Crippen LogP contribution in [0.4, 0.5) is 0 Å². The number of carbonyl (C=O) groups excluding carboxylic acids is 2. The molecule has 0 aliphatic heterocycles. The molecule has 7 heteroatoms. The molecule has 4 rings (SSSR count). The molecule has 2 aromatic carbocycles. The van der Waals surface area contributed by atoms with Crippen LogP contribution in [-0.2, 0) is 22.5 Å². The highest BCUT2D eigenvalue weighted by Crippen LogP contribution is 2.29. The molecular weight excluding hydrogens is 382 g/mol. The molecule has 154 valence electrons. The third-order valence-corrected chi connectivity index (χ3v) is 5.40. The van der Waals surface area contributed by atoms with E-state index in [1.165, 1.54) is 10.2 Å².